The van der Waals surface area contributed by atoms with Crippen LogP contribution in [0.15, 0.2) is 72.6 Å². The summed E-state index contributed by atoms with van der Waals surface area (Å²) in [7, 11) is 0. The molecule has 0 spiro atoms. The van der Waals surface area contributed by atoms with Crippen molar-refractivity contribution in [1.29, 1.82) is 0 Å². The molecule has 34 heavy (non-hydrogen) atoms. The van der Waals surface area contributed by atoms with Crippen LogP contribution in [0.5, 0.6) is 0 Å². The van der Waals surface area contributed by atoms with E-state index < -0.39 is 23.7 Å². The van der Waals surface area contributed by atoms with Crippen molar-refractivity contribution in [2.24, 2.45) is 0 Å². The van der Waals surface area contributed by atoms with Crippen molar-refractivity contribution in [3.8, 4) is 0 Å². The number of carboxylic acids is 1. The van der Waals surface area contributed by atoms with E-state index in [-0.39, 0.29) is 22.0 Å². The van der Waals surface area contributed by atoms with Gasteiger partial charge in [-0.1, -0.05) is 47.2 Å². The number of carbonyl (C=O) groups is 3. The SMILES string of the molecule is Cc1ccc(/C(O)=C2\C(=O)C(=O)N(c3nc4ccc(C(=O)O)cc4s3)C2c2cccnc2)cc1. The first-order chi connectivity index (χ1) is 16.3. The number of hydrogen-bond acceptors (Lipinski definition) is 7. The van der Waals surface area contributed by atoms with E-state index >= 15 is 0 Å². The minimum absolute atomic E-state index is 0.0627. The van der Waals surface area contributed by atoms with Crippen LogP contribution in [-0.2, 0) is 9.59 Å². The Labute approximate surface area is 197 Å². The molecule has 0 aliphatic carbocycles. The van der Waals surface area contributed by atoms with Gasteiger partial charge in [-0.05, 0) is 36.8 Å². The van der Waals surface area contributed by atoms with Crippen molar-refractivity contribution in [2.45, 2.75) is 13.0 Å². The summed E-state index contributed by atoms with van der Waals surface area (Å²) in [5.41, 5.74) is 2.44. The number of rotatable bonds is 4. The number of ketones is 1. The minimum atomic E-state index is -1.08. The number of pyridine rings is 1. The molecule has 1 amide bonds. The lowest BCUT2D eigenvalue weighted by molar-refractivity contribution is -0.132. The molecule has 1 atom stereocenters. The van der Waals surface area contributed by atoms with E-state index in [0.29, 0.717) is 21.3 Å². The maximum Gasteiger partial charge on any atom is 0.335 e. The fourth-order valence-electron chi connectivity index (χ4n) is 3.90. The number of anilines is 1. The maximum absolute atomic E-state index is 13.2. The van der Waals surface area contributed by atoms with Gasteiger partial charge in [-0.25, -0.2) is 9.78 Å². The van der Waals surface area contributed by atoms with Crippen molar-refractivity contribution >= 4 is 50.1 Å². The molecule has 3 heterocycles. The van der Waals surface area contributed by atoms with Gasteiger partial charge in [0.15, 0.2) is 5.13 Å². The third-order valence-electron chi connectivity index (χ3n) is 5.60. The van der Waals surface area contributed by atoms with Gasteiger partial charge < -0.3 is 10.2 Å². The zero-order valence-corrected chi connectivity index (χ0v) is 18.6. The Kier molecular flexibility index (Phi) is 5.18. The van der Waals surface area contributed by atoms with Gasteiger partial charge >= 0.3 is 11.9 Å². The number of carboxylic acid groups (broad SMARTS) is 1. The summed E-state index contributed by atoms with van der Waals surface area (Å²) in [4.78, 5) is 47.6. The number of hydrogen-bond donors (Lipinski definition) is 2. The third-order valence-corrected chi connectivity index (χ3v) is 6.62. The number of carbonyl (C=O) groups excluding carboxylic acids is 2. The van der Waals surface area contributed by atoms with Crippen molar-refractivity contribution in [1.82, 2.24) is 9.97 Å². The molecule has 1 unspecified atom stereocenters. The lowest BCUT2D eigenvalue weighted by Crippen LogP contribution is -2.29. The summed E-state index contributed by atoms with van der Waals surface area (Å²) in [6.45, 7) is 1.90. The van der Waals surface area contributed by atoms with Crippen molar-refractivity contribution in [2.75, 3.05) is 4.90 Å². The highest BCUT2D eigenvalue weighted by Crippen LogP contribution is 2.44. The quantitative estimate of drug-likeness (QED) is 0.258. The van der Waals surface area contributed by atoms with Gasteiger partial charge in [0, 0.05) is 18.0 Å². The predicted molar refractivity (Wildman–Crippen MR) is 127 cm³/mol. The highest BCUT2D eigenvalue weighted by atomic mass is 32.1. The van der Waals surface area contributed by atoms with Crippen molar-refractivity contribution < 1.29 is 24.6 Å². The Balaban J connectivity index is 1.70. The van der Waals surface area contributed by atoms with E-state index in [1.54, 1.807) is 48.7 Å². The van der Waals surface area contributed by atoms with Gasteiger partial charge in [0.05, 0.1) is 27.4 Å². The number of fused-ring (bicyclic) bond motifs is 1. The summed E-state index contributed by atoms with van der Waals surface area (Å²) in [6.07, 6.45) is 3.10. The summed E-state index contributed by atoms with van der Waals surface area (Å²) >= 11 is 1.10. The number of aliphatic hydroxyl groups is 1. The molecule has 1 aliphatic heterocycles. The summed E-state index contributed by atoms with van der Waals surface area (Å²) in [5, 5.41) is 20.6. The molecule has 0 radical (unpaired) electrons. The Bertz CT molecular complexity index is 1490. The molecule has 1 aliphatic rings. The van der Waals surface area contributed by atoms with Crippen LogP contribution in [0.2, 0.25) is 0 Å². The average molecular weight is 471 g/mol. The molecular formula is C25H17N3O5S. The molecule has 0 saturated carbocycles. The highest BCUT2D eigenvalue weighted by Gasteiger charge is 2.48. The average Bonchev–Trinajstić information content (AvgIpc) is 3.37. The fraction of sp³-hybridized carbons (Fsp3) is 0.0800. The van der Waals surface area contributed by atoms with E-state index in [2.05, 4.69) is 9.97 Å². The van der Waals surface area contributed by atoms with E-state index in [9.17, 15) is 24.6 Å². The van der Waals surface area contributed by atoms with Crippen LogP contribution in [0.3, 0.4) is 0 Å². The topological polar surface area (TPSA) is 121 Å². The second-order valence-electron chi connectivity index (χ2n) is 7.81. The molecule has 9 heteroatoms. The maximum atomic E-state index is 13.2. The second kappa shape index (κ2) is 8.20. The van der Waals surface area contributed by atoms with Crippen LogP contribution in [0, 0.1) is 6.92 Å². The Morgan fingerprint density at radius 2 is 1.76 bits per heavy atom. The third kappa shape index (κ3) is 3.52. The number of amides is 1. The predicted octanol–water partition coefficient (Wildman–Crippen LogP) is 4.32. The van der Waals surface area contributed by atoms with Gasteiger partial charge in [0.25, 0.3) is 5.78 Å². The Morgan fingerprint density at radius 1 is 1.03 bits per heavy atom. The van der Waals surface area contributed by atoms with E-state index in [4.69, 9.17) is 0 Å². The van der Waals surface area contributed by atoms with Gasteiger partial charge in [-0.3, -0.25) is 19.5 Å². The number of Topliss-reactive ketones (excluding diaryl/α,β-unsaturated/α-hetero) is 1. The van der Waals surface area contributed by atoms with Gasteiger partial charge in [-0.15, -0.1) is 0 Å². The highest BCUT2D eigenvalue weighted by molar-refractivity contribution is 7.22. The number of benzene rings is 2. The van der Waals surface area contributed by atoms with Crippen LogP contribution >= 0.6 is 11.3 Å². The standard InChI is InChI=1S/C25H17N3O5S/c1-13-4-6-14(7-5-13)21(29)19-20(16-3-2-10-26-12-16)28(23(31)22(19)30)25-27-17-9-8-15(24(32)33)11-18(17)34-25/h2-12,20,29H,1H3,(H,32,33)/b21-19+. The smallest absolute Gasteiger partial charge is 0.335 e. The van der Waals surface area contributed by atoms with Gasteiger partial charge in [0.2, 0.25) is 0 Å². The molecule has 0 bridgehead atoms. The number of aliphatic hydroxyl groups excluding tert-OH is 1. The van der Waals surface area contributed by atoms with E-state index in [1.165, 1.54) is 23.2 Å². The number of aromatic nitrogens is 2. The molecule has 2 aromatic carbocycles. The van der Waals surface area contributed by atoms with E-state index in [0.717, 1.165) is 16.9 Å². The van der Waals surface area contributed by atoms with E-state index in [1.807, 2.05) is 6.92 Å². The number of aryl methyl sites for hydroxylation is 1. The summed E-state index contributed by atoms with van der Waals surface area (Å²) in [6, 6.07) is 13.9. The van der Waals surface area contributed by atoms with Crippen molar-refractivity contribution in [3.63, 3.8) is 0 Å². The molecule has 2 N–H and O–H groups in total. The molecule has 1 saturated heterocycles. The number of thiazole rings is 1. The van der Waals surface area contributed by atoms with Crippen molar-refractivity contribution in [3.05, 3.63) is 94.8 Å². The summed E-state index contributed by atoms with van der Waals surface area (Å²) < 4.78 is 0.556. The van der Waals surface area contributed by atoms with Crippen LogP contribution in [0.25, 0.3) is 16.0 Å². The molecular weight excluding hydrogens is 454 g/mol. The molecule has 8 nitrogen and oxygen atoms in total. The van der Waals surface area contributed by atoms with Crippen LogP contribution in [0.1, 0.15) is 33.1 Å². The second-order valence-corrected chi connectivity index (χ2v) is 8.81. The number of nitrogens with zero attached hydrogens (tertiary/aromatic N) is 3. The first kappa shape index (κ1) is 21.5. The van der Waals surface area contributed by atoms with Gasteiger partial charge in [0.1, 0.15) is 5.76 Å². The lowest BCUT2D eigenvalue weighted by Gasteiger charge is -2.22. The largest absolute Gasteiger partial charge is 0.507 e. The molecule has 2 aromatic heterocycles. The minimum Gasteiger partial charge on any atom is -0.507 e. The Morgan fingerprint density at radius 3 is 2.44 bits per heavy atom. The molecule has 168 valence electrons. The zero-order valence-electron chi connectivity index (χ0n) is 17.8. The molecule has 1 fully saturated rings. The number of aromatic carboxylic acids is 1. The van der Waals surface area contributed by atoms with Crippen LogP contribution < -0.4 is 4.90 Å². The van der Waals surface area contributed by atoms with Crippen LogP contribution in [-0.4, -0.2) is 37.8 Å². The Hall–Kier alpha value is -4.37. The zero-order chi connectivity index (χ0) is 24.0. The molecule has 5 rings (SSSR count). The monoisotopic (exact) mass is 471 g/mol. The van der Waals surface area contributed by atoms with Gasteiger partial charge in [-0.2, -0.15) is 0 Å². The fourth-order valence-corrected chi connectivity index (χ4v) is 4.93. The normalized spacial score (nSPS) is 17.4. The lowest BCUT2D eigenvalue weighted by atomic mass is 9.96. The summed E-state index contributed by atoms with van der Waals surface area (Å²) in [5.74, 6) is -3.04. The first-order valence-corrected chi connectivity index (χ1v) is 11.1. The first-order valence-electron chi connectivity index (χ1n) is 10.3. The molecule has 4 aromatic rings. The van der Waals surface area contributed by atoms with Crippen LogP contribution in [0.4, 0.5) is 5.13 Å².